The number of amides is 1. The number of hydrogen-bond acceptors (Lipinski definition) is 4. The van der Waals surface area contributed by atoms with Crippen LogP contribution in [0.4, 0.5) is 0 Å². The van der Waals surface area contributed by atoms with Gasteiger partial charge in [0.25, 0.3) is 5.91 Å². The lowest BCUT2D eigenvalue weighted by atomic mass is 10.1. The first-order valence-corrected chi connectivity index (χ1v) is 11.5. The van der Waals surface area contributed by atoms with Crippen molar-refractivity contribution < 1.29 is 14.3 Å². The van der Waals surface area contributed by atoms with Gasteiger partial charge >= 0.3 is 0 Å². The minimum Gasteiger partial charge on any atom is -0.494 e. The van der Waals surface area contributed by atoms with E-state index in [1.165, 1.54) is 19.3 Å². The van der Waals surface area contributed by atoms with Crippen molar-refractivity contribution in [2.45, 2.75) is 45.6 Å². The van der Waals surface area contributed by atoms with Gasteiger partial charge in [0.15, 0.2) is 6.10 Å². The van der Waals surface area contributed by atoms with E-state index in [1.54, 1.807) is 13.1 Å². The third-order valence-corrected chi connectivity index (χ3v) is 5.18. The molecule has 0 fully saturated rings. The Bertz CT molecular complexity index is 1000. The van der Waals surface area contributed by atoms with Gasteiger partial charge in [0, 0.05) is 0 Å². The molecule has 0 aliphatic heterocycles. The Morgan fingerprint density at radius 3 is 2.24 bits per heavy atom. The van der Waals surface area contributed by atoms with Gasteiger partial charge in [-0.1, -0.05) is 68.7 Å². The third-order valence-electron chi connectivity index (χ3n) is 5.18. The van der Waals surface area contributed by atoms with E-state index in [9.17, 15) is 4.79 Å². The van der Waals surface area contributed by atoms with E-state index in [4.69, 9.17) is 9.47 Å². The number of benzene rings is 3. The monoisotopic (exact) mass is 444 g/mol. The first-order valence-electron chi connectivity index (χ1n) is 11.5. The van der Waals surface area contributed by atoms with Gasteiger partial charge in [0.05, 0.1) is 12.8 Å². The Morgan fingerprint density at radius 1 is 0.879 bits per heavy atom. The highest BCUT2D eigenvalue weighted by Crippen LogP contribution is 2.22. The van der Waals surface area contributed by atoms with Crippen LogP contribution in [-0.4, -0.2) is 24.8 Å². The Kier molecular flexibility index (Phi) is 9.52. The summed E-state index contributed by atoms with van der Waals surface area (Å²) >= 11 is 0. The fraction of sp³-hybridized carbons (Fsp3) is 0.286. The van der Waals surface area contributed by atoms with Gasteiger partial charge < -0.3 is 9.47 Å². The quantitative estimate of drug-likeness (QED) is 0.205. The average Bonchev–Trinajstić information content (AvgIpc) is 2.85. The molecule has 0 spiro atoms. The van der Waals surface area contributed by atoms with Crippen LogP contribution in [0.25, 0.3) is 11.1 Å². The summed E-state index contributed by atoms with van der Waals surface area (Å²) in [7, 11) is 0. The Hall–Kier alpha value is -3.60. The number of carbonyl (C=O) groups is 1. The molecule has 5 heteroatoms. The molecular formula is C28H32N2O3. The molecular weight excluding hydrogens is 412 g/mol. The number of rotatable bonds is 12. The molecule has 1 atom stereocenters. The summed E-state index contributed by atoms with van der Waals surface area (Å²) < 4.78 is 11.5. The minimum absolute atomic E-state index is 0.314. The topological polar surface area (TPSA) is 59.9 Å². The van der Waals surface area contributed by atoms with Crippen LogP contribution in [0, 0.1) is 0 Å². The summed E-state index contributed by atoms with van der Waals surface area (Å²) in [6, 6.07) is 25.4. The maximum Gasteiger partial charge on any atom is 0.280 e. The SMILES string of the molecule is CCCCCCOc1ccc(/C=N/NC(=O)C(C)Oc2ccc(-c3ccccc3)cc2)cc1. The smallest absolute Gasteiger partial charge is 0.280 e. The number of unbranched alkanes of at least 4 members (excludes halogenated alkanes) is 3. The third kappa shape index (κ3) is 8.11. The minimum atomic E-state index is -0.673. The molecule has 33 heavy (non-hydrogen) atoms. The zero-order chi connectivity index (χ0) is 23.3. The summed E-state index contributed by atoms with van der Waals surface area (Å²) in [4.78, 5) is 12.3. The Labute approximate surface area is 196 Å². The normalized spacial score (nSPS) is 11.8. The molecule has 0 saturated carbocycles. The van der Waals surface area contributed by atoms with Crippen molar-refractivity contribution >= 4 is 12.1 Å². The fourth-order valence-corrected chi connectivity index (χ4v) is 3.24. The molecule has 1 N–H and O–H groups in total. The molecule has 0 saturated heterocycles. The zero-order valence-electron chi connectivity index (χ0n) is 19.4. The predicted octanol–water partition coefficient (Wildman–Crippen LogP) is 6.23. The highest BCUT2D eigenvalue weighted by Gasteiger charge is 2.14. The van der Waals surface area contributed by atoms with E-state index in [1.807, 2.05) is 66.7 Å². The zero-order valence-corrected chi connectivity index (χ0v) is 19.4. The highest BCUT2D eigenvalue weighted by molar-refractivity contribution is 5.84. The van der Waals surface area contributed by atoms with Crippen molar-refractivity contribution in [3.05, 3.63) is 84.4 Å². The first-order chi connectivity index (χ1) is 16.2. The second-order valence-electron chi connectivity index (χ2n) is 7.86. The standard InChI is InChI=1S/C28H32N2O3/c1-3-4-5-9-20-32-26-16-12-23(13-17-26)21-29-30-28(31)22(2)33-27-18-14-25(15-19-27)24-10-7-6-8-11-24/h6-8,10-19,21-22H,3-5,9,20H2,1-2H3,(H,30,31)/b29-21+. The van der Waals surface area contributed by atoms with Gasteiger partial charge in [-0.15, -0.1) is 0 Å². The largest absolute Gasteiger partial charge is 0.494 e. The van der Waals surface area contributed by atoms with E-state index in [0.29, 0.717) is 5.75 Å². The van der Waals surface area contributed by atoms with Gasteiger partial charge in [0.1, 0.15) is 11.5 Å². The van der Waals surface area contributed by atoms with Crippen LogP contribution in [0.2, 0.25) is 0 Å². The van der Waals surface area contributed by atoms with Crippen LogP contribution < -0.4 is 14.9 Å². The molecule has 0 radical (unpaired) electrons. The van der Waals surface area contributed by atoms with E-state index in [2.05, 4.69) is 29.6 Å². The van der Waals surface area contributed by atoms with E-state index >= 15 is 0 Å². The van der Waals surface area contributed by atoms with Gasteiger partial charge in [-0.3, -0.25) is 4.79 Å². The summed E-state index contributed by atoms with van der Waals surface area (Å²) in [6.07, 6.45) is 5.66. The Balaban J connectivity index is 1.42. The molecule has 172 valence electrons. The molecule has 0 bridgehead atoms. The first kappa shape index (κ1) is 24.1. The van der Waals surface area contributed by atoms with Crippen LogP contribution in [0.1, 0.15) is 45.1 Å². The molecule has 1 unspecified atom stereocenters. The van der Waals surface area contributed by atoms with Gasteiger partial charge in [-0.05, 0) is 66.4 Å². The number of carbonyl (C=O) groups excluding carboxylic acids is 1. The number of hydrazone groups is 1. The van der Waals surface area contributed by atoms with Crippen molar-refractivity contribution in [3.63, 3.8) is 0 Å². The van der Waals surface area contributed by atoms with Gasteiger partial charge in [-0.25, -0.2) is 5.43 Å². The molecule has 0 aromatic heterocycles. The lowest BCUT2D eigenvalue weighted by Gasteiger charge is -2.13. The van der Waals surface area contributed by atoms with Crippen LogP contribution in [0.15, 0.2) is 84.0 Å². The number of ether oxygens (including phenoxy) is 2. The van der Waals surface area contributed by atoms with Crippen molar-refractivity contribution in [1.82, 2.24) is 5.43 Å². The van der Waals surface area contributed by atoms with Crippen LogP contribution in [-0.2, 0) is 4.79 Å². The molecule has 0 aliphatic rings. The maximum atomic E-state index is 12.3. The second kappa shape index (κ2) is 13.1. The number of nitrogens with zero attached hydrogens (tertiary/aromatic N) is 1. The predicted molar refractivity (Wildman–Crippen MR) is 134 cm³/mol. The summed E-state index contributed by atoms with van der Waals surface area (Å²) in [5.41, 5.74) is 5.63. The molecule has 3 rings (SSSR count). The van der Waals surface area contributed by atoms with Crippen LogP contribution in [0.5, 0.6) is 11.5 Å². The Morgan fingerprint density at radius 2 is 1.55 bits per heavy atom. The van der Waals surface area contributed by atoms with Crippen molar-refractivity contribution in [2.24, 2.45) is 5.10 Å². The van der Waals surface area contributed by atoms with Crippen molar-refractivity contribution in [2.75, 3.05) is 6.61 Å². The molecule has 3 aromatic rings. The van der Waals surface area contributed by atoms with E-state index in [-0.39, 0.29) is 5.91 Å². The lowest BCUT2D eigenvalue weighted by molar-refractivity contribution is -0.127. The molecule has 1 amide bonds. The lowest BCUT2D eigenvalue weighted by Crippen LogP contribution is -2.33. The highest BCUT2D eigenvalue weighted by atomic mass is 16.5. The maximum absolute atomic E-state index is 12.3. The fourth-order valence-electron chi connectivity index (χ4n) is 3.24. The summed E-state index contributed by atoms with van der Waals surface area (Å²) in [5, 5.41) is 4.04. The molecule has 0 heterocycles. The van der Waals surface area contributed by atoms with Crippen molar-refractivity contribution in [3.8, 4) is 22.6 Å². The van der Waals surface area contributed by atoms with Gasteiger partial charge in [0.2, 0.25) is 0 Å². The summed E-state index contributed by atoms with van der Waals surface area (Å²) in [5.74, 6) is 1.16. The van der Waals surface area contributed by atoms with E-state index < -0.39 is 6.10 Å². The van der Waals surface area contributed by atoms with Gasteiger partial charge in [-0.2, -0.15) is 5.10 Å². The number of hydrogen-bond donors (Lipinski definition) is 1. The number of nitrogens with one attached hydrogen (secondary N) is 1. The van der Waals surface area contributed by atoms with Crippen molar-refractivity contribution in [1.29, 1.82) is 0 Å². The second-order valence-corrected chi connectivity index (χ2v) is 7.86. The average molecular weight is 445 g/mol. The molecule has 3 aromatic carbocycles. The van der Waals surface area contributed by atoms with Crippen LogP contribution in [0.3, 0.4) is 0 Å². The molecule has 0 aliphatic carbocycles. The molecule has 5 nitrogen and oxygen atoms in total. The van der Waals surface area contributed by atoms with Crippen LogP contribution >= 0.6 is 0 Å². The van der Waals surface area contributed by atoms with E-state index in [0.717, 1.165) is 35.5 Å². The summed E-state index contributed by atoms with van der Waals surface area (Å²) in [6.45, 7) is 4.63.